The Bertz CT molecular complexity index is 428. The van der Waals surface area contributed by atoms with E-state index in [-0.39, 0.29) is 37.1 Å². The van der Waals surface area contributed by atoms with Gasteiger partial charge in [0.15, 0.2) is 0 Å². The molecule has 1 rings (SSSR count). The minimum atomic E-state index is -0.511. The number of ether oxygens (including phenoxy) is 1. The van der Waals surface area contributed by atoms with Gasteiger partial charge in [-0.15, -0.1) is 0 Å². The zero-order chi connectivity index (χ0) is 14.4. The maximum Gasteiger partial charge on any atom is 0.309 e. The molecular weight excluding hydrogens is 248 g/mol. The van der Waals surface area contributed by atoms with Crippen LogP contribution in [0.15, 0.2) is 18.2 Å². The summed E-state index contributed by atoms with van der Waals surface area (Å²) in [5.74, 6) is -1.01. The highest BCUT2D eigenvalue weighted by molar-refractivity contribution is 5.73. The topological polar surface area (TPSA) is 87.0 Å². The standard InChI is InChI=1S/C14H20O5/c1-9(2)19-14(18)11(5-6-15)7-10-3-4-12(16)8-13(10)17/h3-4,8-9,11,15-17H,5-7H2,1-2H3. The summed E-state index contributed by atoms with van der Waals surface area (Å²) in [4.78, 5) is 11.9. The Kier molecular flexibility index (Phi) is 5.63. The number of aliphatic hydroxyl groups is 1. The van der Waals surface area contributed by atoms with Crippen LogP contribution in [0.4, 0.5) is 0 Å². The minimum Gasteiger partial charge on any atom is -0.508 e. The molecule has 0 aromatic heterocycles. The van der Waals surface area contributed by atoms with E-state index in [1.807, 2.05) is 0 Å². The van der Waals surface area contributed by atoms with Gasteiger partial charge in [-0.25, -0.2) is 0 Å². The van der Waals surface area contributed by atoms with E-state index in [2.05, 4.69) is 0 Å². The molecule has 5 nitrogen and oxygen atoms in total. The monoisotopic (exact) mass is 268 g/mol. The first-order valence-electron chi connectivity index (χ1n) is 6.26. The van der Waals surface area contributed by atoms with Crippen molar-refractivity contribution in [3.63, 3.8) is 0 Å². The van der Waals surface area contributed by atoms with Crippen LogP contribution < -0.4 is 0 Å². The fourth-order valence-corrected chi connectivity index (χ4v) is 1.78. The number of esters is 1. The Hall–Kier alpha value is -1.75. The molecule has 3 N–H and O–H groups in total. The maximum absolute atomic E-state index is 11.9. The number of carbonyl (C=O) groups excluding carboxylic acids is 1. The first kappa shape index (κ1) is 15.3. The number of aliphatic hydroxyl groups excluding tert-OH is 1. The normalized spacial score (nSPS) is 12.4. The summed E-state index contributed by atoms with van der Waals surface area (Å²) >= 11 is 0. The second-order valence-electron chi connectivity index (χ2n) is 4.71. The number of carbonyl (C=O) groups is 1. The molecule has 1 aromatic rings. The van der Waals surface area contributed by atoms with Crippen LogP contribution in [0.2, 0.25) is 0 Å². The van der Waals surface area contributed by atoms with E-state index in [9.17, 15) is 15.0 Å². The molecule has 0 aliphatic carbocycles. The van der Waals surface area contributed by atoms with Gasteiger partial charge >= 0.3 is 5.97 Å². The SMILES string of the molecule is CC(C)OC(=O)C(CCO)Cc1ccc(O)cc1O. The molecule has 1 atom stereocenters. The van der Waals surface area contributed by atoms with Crippen molar-refractivity contribution >= 4 is 5.97 Å². The number of hydrogen-bond donors (Lipinski definition) is 3. The minimum absolute atomic E-state index is 0.0373. The molecule has 0 amide bonds. The Morgan fingerprint density at radius 3 is 2.53 bits per heavy atom. The maximum atomic E-state index is 11.9. The lowest BCUT2D eigenvalue weighted by atomic mass is 9.96. The number of phenolic OH excluding ortho intramolecular Hbond substituents is 2. The molecule has 0 heterocycles. The second kappa shape index (κ2) is 6.99. The van der Waals surface area contributed by atoms with Gasteiger partial charge in [0.2, 0.25) is 0 Å². The number of benzene rings is 1. The summed E-state index contributed by atoms with van der Waals surface area (Å²) in [7, 11) is 0. The van der Waals surface area contributed by atoms with Crippen LogP contribution in [-0.4, -0.2) is 34.0 Å². The molecule has 0 saturated heterocycles. The molecule has 106 valence electrons. The largest absolute Gasteiger partial charge is 0.508 e. The van der Waals surface area contributed by atoms with Gasteiger partial charge in [-0.3, -0.25) is 4.79 Å². The quantitative estimate of drug-likeness (QED) is 0.682. The van der Waals surface area contributed by atoms with Gasteiger partial charge in [-0.2, -0.15) is 0 Å². The van der Waals surface area contributed by atoms with E-state index in [4.69, 9.17) is 9.84 Å². The van der Waals surface area contributed by atoms with Crippen LogP contribution in [0.1, 0.15) is 25.8 Å². The predicted molar refractivity (Wildman–Crippen MR) is 69.9 cm³/mol. The molecule has 0 bridgehead atoms. The van der Waals surface area contributed by atoms with Gasteiger partial charge in [0, 0.05) is 12.7 Å². The van der Waals surface area contributed by atoms with E-state index in [1.54, 1.807) is 19.9 Å². The summed E-state index contributed by atoms with van der Waals surface area (Å²) in [6, 6.07) is 4.22. The van der Waals surface area contributed by atoms with Crippen LogP contribution in [0.25, 0.3) is 0 Å². The Morgan fingerprint density at radius 1 is 1.32 bits per heavy atom. The molecule has 19 heavy (non-hydrogen) atoms. The van der Waals surface area contributed by atoms with Crippen molar-refractivity contribution < 1.29 is 24.9 Å². The Balaban J connectivity index is 2.80. The zero-order valence-electron chi connectivity index (χ0n) is 11.2. The molecule has 0 aliphatic heterocycles. The van der Waals surface area contributed by atoms with Crippen LogP contribution in [0.5, 0.6) is 11.5 Å². The van der Waals surface area contributed by atoms with Gasteiger partial charge in [-0.1, -0.05) is 6.07 Å². The summed E-state index contributed by atoms with van der Waals surface area (Å²) < 4.78 is 5.12. The van der Waals surface area contributed by atoms with Crippen molar-refractivity contribution in [3.8, 4) is 11.5 Å². The van der Waals surface area contributed by atoms with E-state index >= 15 is 0 Å². The summed E-state index contributed by atoms with van der Waals surface area (Å²) in [6.07, 6.45) is 0.312. The van der Waals surface area contributed by atoms with Gasteiger partial charge in [0.25, 0.3) is 0 Å². The Morgan fingerprint density at radius 2 is 2.00 bits per heavy atom. The van der Waals surface area contributed by atoms with E-state index in [1.165, 1.54) is 12.1 Å². The zero-order valence-corrected chi connectivity index (χ0v) is 11.2. The number of phenols is 2. The highest BCUT2D eigenvalue weighted by Gasteiger charge is 2.22. The molecule has 1 aromatic carbocycles. The molecule has 0 radical (unpaired) electrons. The lowest BCUT2D eigenvalue weighted by Gasteiger charge is -2.17. The summed E-state index contributed by atoms with van der Waals surface area (Å²) in [5.41, 5.74) is 0.539. The van der Waals surface area contributed by atoms with Crippen LogP contribution >= 0.6 is 0 Å². The van der Waals surface area contributed by atoms with E-state index in [0.717, 1.165) is 0 Å². The van der Waals surface area contributed by atoms with Gasteiger partial charge in [0.05, 0.1) is 12.0 Å². The second-order valence-corrected chi connectivity index (χ2v) is 4.71. The van der Waals surface area contributed by atoms with Crippen LogP contribution in [-0.2, 0) is 16.0 Å². The van der Waals surface area contributed by atoms with Crippen molar-refractivity contribution in [2.24, 2.45) is 5.92 Å². The number of aromatic hydroxyl groups is 2. The van der Waals surface area contributed by atoms with Crippen molar-refractivity contribution in [1.82, 2.24) is 0 Å². The first-order chi connectivity index (χ1) is 8.93. The number of rotatable bonds is 6. The van der Waals surface area contributed by atoms with Gasteiger partial charge in [-0.05, 0) is 38.3 Å². The molecule has 0 aliphatic rings. The third-order valence-electron chi connectivity index (χ3n) is 2.70. The smallest absolute Gasteiger partial charge is 0.309 e. The average Bonchev–Trinajstić information content (AvgIpc) is 2.30. The molecule has 1 unspecified atom stereocenters. The van der Waals surface area contributed by atoms with Crippen LogP contribution in [0.3, 0.4) is 0 Å². The molecule has 0 spiro atoms. The lowest BCUT2D eigenvalue weighted by Crippen LogP contribution is -2.24. The van der Waals surface area contributed by atoms with Crippen LogP contribution in [0, 0.1) is 5.92 Å². The van der Waals surface area contributed by atoms with E-state index in [0.29, 0.717) is 5.56 Å². The molecular formula is C14H20O5. The molecule has 0 fully saturated rings. The first-order valence-corrected chi connectivity index (χ1v) is 6.26. The Labute approximate surface area is 112 Å². The highest BCUT2D eigenvalue weighted by Crippen LogP contribution is 2.26. The fourth-order valence-electron chi connectivity index (χ4n) is 1.78. The van der Waals surface area contributed by atoms with Crippen molar-refractivity contribution in [2.75, 3.05) is 6.61 Å². The van der Waals surface area contributed by atoms with E-state index < -0.39 is 11.9 Å². The summed E-state index contributed by atoms with van der Waals surface area (Å²) in [6.45, 7) is 3.38. The van der Waals surface area contributed by atoms with Crippen molar-refractivity contribution in [3.05, 3.63) is 23.8 Å². The van der Waals surface area contributed by atoms with Crippen molar-refractivity contribution in [1.29, 1.82) is 0 Å². The highest BCUT2D eigenvalue weighted by atomic mass is 16.5. The predicted octanol–water partition coefficient (Wildman–Crippen LogP) is 1.59. The van der Waals surface area contributed by atoms with Crippen molar-refractivity contribution in [2.45, 2.75) is 32.8 Å². The molecule has 5 heteroatoms. The third-order valence-corrected chi connectivity index (χ3v) is 2.70. The summed E-state index contributed by atoms with van der Waals surface area (Å²) in [5, 5.41) is 27.9. The third kappa shape index (κ3) is 4.79. The molecule has 0 saturated carbocycles. The van der Waals surface area contributed by atoms with Gasteiger partial charge < -0.3 is 20.1 Å². The number of hydrogen-bond acceptors (Lipinski definition) is 5. The average molecular weight is 268 g/mol. The fraction of sp³-hybridized carbons (Fsp3) is 0.500. The van der Waals surface area contributed by atoms with Gasteiger partial charge in [0.1, 0.15) is 11.5 Å². The lowest BCUT2D eigenvalue weighted by molar-refractivity contribution is -0.152.